The number of hydrogen-bond acceptors (Lipinski definition) is 4. The van der Waals surface area contributed by atoms with Gasteiger partial charge in [-0.3, -0.25) is 0 Å². The van der Waals surface area contributed by atoms with E-state index in [9.17, 15) is 4.79 Å². The second-order valence-corrected chi connectivity index (χ2v) is 7.23. The first-order valence-corrected chi connectivity index (χ1v) is 8.81. The second kappa shape index (κ2) is 6.15. The molecule has 0 radical (unpaired) electrons. The van der Waals surface area contributed by atoms with Gasteiger partial charge in [-0.2, -0.15) is 15.4 Å². The lowest BCUT2D eigenvalue weighted by atomic mass is 9.69. The van der Waals surface area contributed by atoms with Gasteiger partial charge >= 0.3 is 6.03 Å². The third kappa shape index (κ3) is 2.89. The van der Waals surface area contributed by atoms with Crippen molar-refractivity contribution in [1.82, 2.24) is 30.9 Å². The summed E-state index contributed by atoms with van der Waals surface area (Å²) in [6, 6.07) is 10.6. The van der Waals surface area contributed by atoms with Gasteiger partial charge in [-0.05, 0) is 38.3 Å². The number of nitrogens with zero attached hydrogens (tertiary/aromatic N) is 3. The highest BCUT2D eigenvalue weighted by Gasteiger charge is 2.48. The summed E-state index contributed by atoms with van der Waals surface area (Å²) in [5, 5.41) is 17.3. The quantitative estimate of drug-likeness (QED) is 0.792. The van der Waals surface area contributed by atoms with E-state index in [1.807, 2.05) is 11.9 Å². The van der Waals surface area contributed by atoms with Crippen molar-refractivity contribution in [3.8, 4) is 0 Å². The van der Waals surface area contributed by atoms with E-state index in [4.69, 9.17) is 0 Å². The fourth-order valence-corrected chi connectivity index (χ4v) is 4.29. The monoisotopic (exact) mass is 340 g/mol. The largest absolute Gasteiger partial charge is 0.331 e. The number of benzene rings is 1. The normalized spacial score (nSPS) is 29.2. The molecule has 1 aliphatic heterocycles. The number of urea groups is 1. The lowest BCUT2D eigenvalue weighted by Gasteiger charge is -2.45. The van der Waals surface area contributed by atoms with E-state index in [2.05, 4.69) is 56.4 Å². The zero-order valence-electron chi connectivity index (χ0n) is 14.5. The SMILES string of the molecule is CNC1(c2ccccc2)CCC2(CC1)CN(Cc1cn[nH]n1)C(=O)N2. The van der Waals surface area contributed by atoms with Crippen LogP contribution in [0.2, 0.25) is 0 Å². The molecule has 4 rings (SSSR count). The maximum Gasteiger partial charge on any atom is 0.318 e. The Morgan fingerprint density at radius 3 is 2.60 bits per heavy atom. The summed E-state index contributed by atoms with van der Waals surface area (Å²) in [5.41, 5.74) is 1.99. The Morgan fingerprint density at radius 1 is 1.20 bits per heavy atom. The van der Waals surface area contributed by atoms with Gasteiger partial charge < -0.3 is 15.5 Å². The van der Waals surface area contributed by atoms with E-state index in [0.29, 0.717) is 6.54 Å². The van der Waals surface area contributed by atoms with E-state index >= 15 is 0 Å². The minimum Gasteiger partial charge on any atom is -0.331 e. The number of aromatic nitrogens is 3. The standard InChI is InChI=1S/C18H24N6O/c1-19-18(14-5-3-2-4-6-14)9-7-17(8-10-18)13-24(16(25)21-17)12-15-11-20-23-22-15/h2-6,11,19H,7-10,12-13H2,1H3,(H,21,25)(H,20,22,23). The number of carbonyl (C=O) groups is 1. The molecule has 1 aliphatic carbocycles. The van der Waals surface area contributed by atoms with E-state index in [1.54, 1.807) is 6.20 Å². The smallest absolute Gasteiger partial charge is 0.318 e. The first-order valence-electron chi connectivity index (χ1n) is 8.81. The molecule has 1 saturated carbocycles. The maximum atomic E-state index is 12.4. The van der Waals surface area contributed by atoms with Gasteiger partial charge in [-0.1, -0.05) is 30.3 Å². The maximum absolute atomic E-state index is 12.4. The molecule has 2 aliphatic rings. The Kier molecular flexibility index (Phi) is 3.95. The average molecular weight is 340 g/mol. The molecule has 0 unspecified atom stereocenters. The zero-order chi connectivity index (χ0) is 17.3. The summed E-state index contributed by atoms with van der Waals surface area (Å²) >= 11 is 0. The number of hydrogen-bond donors (Lipinski definition) is 3. The van der Waals surface area contributed by atoms with Crippen LogP contribution in [0.25, 0.3) is 0 Å². The van der Waals surface area contributed by atoms with Crippen LogP contribution in [-0.4, -0.2) is 45.5 Å². The van der Waals surface area contributed by atoms with E-state index in [-0.39, 0.29) is 17.1 Å². The number of rotatable bonds is 4. The molecule has 7 heteroatoms. The summed E-state index contributed by atoms with van der Waals surface area (Å²) in [5.74, 6) is 0. The molecule has 7 nitrogen and oxygen atoms in total. The number of amides is 2. The van der Waals surface area contributed by atoms with Gasteiger partial charge in [0.25, 0.3) is 0 Å². The van der Waals surface area contributed by atoms with Crippen LogP contribution >= 0.6 is 0 Å². The molecule has 3 N–H and O–H groups in total. The molecule has 0 atom stereocenters. The van der Waals surface area contributed by atoms with Crippen LogP contribution in [0.3, 0.4) is 0 Å². The molecular weight excluding hydrogens is 316 g/mol. The second-order valence-electron chi connectivity index (χ2n) is 7.23. The number of aromatic amines is 1. The van der Waals surface area contributed by atoms with Crippen LogP contribution in [0.5, 0.6) is 0 Å². The van der Waals surface area contributed by atoms with Crippen molar-refractivity contribution in [2.24, 2.45) is 0 Å². The summed E-state index contributed by atoms with van der Waals surface area (Å²) in [6.45, 7) is 1.23. The fraction of sp³-hybridized carbons (Fsp3) is 0.500. The molecule has 25 heavy (non-hydrogen) atoms. The Morgan fingerprint density at radius 2 is 1.96 bits per heavy atom. The molecule has 1 spiro atoms. The van der Waals surface area contributed by atoms with Gasteiger partial charge in [-0.25, -0.2) is 4.79 Å². The van der Waals surface area contributed by atoms with Crippen LogP contribution in [-0.2, 0) is 12.1 Å². The first kappa shape index (κ1) is 16.1. The van der Waals surface area contributed by atoms with Crippen LogP contribution in [0.1, 0.15) is 36.9 Å². The predicted octanol–water partition coefficient (Wildman–Crippen LogP) is 1.76. The topological polar surface area (TPSA) is 85.9 Å². The minimum atomic E-state index is -0.129. The van der Waals surface area contributed by atoms with Crippen LogP contribution in [0.15, 0.2) is 36.5 Å². The van der Waals surface area contributed by atoms with Crippen molar-refractivity contribution < 1.29 is 4.79 Å². The van der Waals surface area contributed by atoms with Gasteiger partial charge in [0.2, 0.25) is 0 Å². The summed E-state index contributed by atoms with van der Waals surface area (Å²) in [7, 11) is 2.04. The molecule has 0 bridgehead atoms. The Hall–Kier alpha value is -2.41. The minimum absolute atomic E-state index is 0.000307. The van der Waals surface area contributed by atoms with Gasteiger partial charge in [0.1, 0.15) is 5.69 Å². The summed E-state index contributed by atoms with van der Waals surface area (Å²) in [6.07, 6.45) is 5.60. The number of carbonyl (C=O) groups excluding carboxylic acids is 1. The van der Waals surface area contributed by atoms with E-state index in [0.717, 1.165) is 37.9 Å². The van der Waals surface area contributed by atoms with Crippen molar-refractivity contribution in [1.29, 1.82) is 0 Å². The van der Waals surface area contributed by atoms with Gasteiger partial charge in [0.05, 0.1) is 18.3 Å². The van der Waals surface area contributed by atoms with Crippen molar-refractivity contribution in [3.63, 3.8) is 0 Å². The molecule has 1 aromatic heterocycles. The van der Waals surface area contributed by atoms with Crippen molar-refractivity contribution in [3.05, 3.63) is 47.8 Å². The molecule has 132 valence electrons. The molecule has 1 saturated heterocycles. The van der Waals surface area contributed by atoms with Crippen LogP contribution < -0.4 is 10.6 Å². The lowest BCUT2D eigenvalue weighted by Crippen LogP contribution is -2.53. The Labute approximate surface area is 147 Å². The Balaban J connectivity index is 1.47. The number of H-pyrrole nitrogens is 1. The predicted molar refractivity (Wildman–Crippen MR) is 93.7 cm³/mol. The van der Waals surface area contributed by atoms with Gasteiger partial charge in [0.15, 0.2) is 0 Å². The van der Waals surface area contributed by atoms with Gasteiger partial charge in [0, 0.05) is 12.1 Å². The van der Waals surface area contributed by atoms with Crippen molar-refractivity contribution in [2.75, 3.05) is 13.6 Å². The molecule has 2 aromatic rings. The molecule has 2 amide bonds. The molecule has 2 fully saturated rings. The third-order valence-electron chi connectivity index (χ3n) is 5.84. The lowest BCUT2D eigenvalue weighted by molar-refractivity contribution is 0.157. The van der Waals surface area contributed by atoms with Crippen molar-refractivity contribution >= 4 is 6.03 Å². The van der Waals surface area contributed by atoms with Crippen LogP contribution in [0, 0.1) is 0 Å². The highest BCUT2D eigenvalue weighted by molar-refractivity contribution is 5.78. The molecule has 2 heterocycles. The summed E-state index contributed by atoms with van der Waals surface area (Å²) in [4.78, 5) is 14.3. The Bertz CT molecular complexity index is 721. The highest BCUT2D eigenvalue weighted by atomic mass is 16.2. The average Bonchev–Trinajstić information content (AvgIpc) is 3.26. The summed E-state index contributed by atoms with van der Waals surface area (Å²) < 4.78 is 0. The fourth-order valence-electron chi connectivity index (χ4n) is 4.29. The van der Waals surface area contributed by atoms with Gasteiger partial charge in [-0.15, -0.1) is 0 Å². The van der Waals surface area contributed by atoms with E-state index < -0.39 is 0 Å². The highest BCUT2D eigenvalue weighted by Crippen LogP contribution is 2.43. The van der Waals surface area contributed by atoms with E-state index in [1.165, 1.54) is 5.56 Å². The molecular formula is C18H24N6O. The zero-order valence-corrected chi connectivity index (χ0v) is 14.5. The molecule has 1 aromatic carbocycles. The third-order valence-corrected chi connectivity index (χ3v) is 5.84. The van der Waals surface area contributed by atoms with Crippen molar-refractivity contribution in [2.45, 2.75) is 43.3 Å². The number of nitrogens with one attached hydrogen (secondary N) is 3. The van der Waals surface area contributed by atoms with Crippen LogP contribution in [0.4, 0.5) is 4.79 Å². The first-order chi connectivity index (χ1) is 12.1.